The van der Waals surface area contributed by atoms with Crippen molar-refractivity contribution >= 4 is 38.5 Å². The number of nitrogens with zero attached hydrogens (tertiary/aromatic N) is 2. The molecule has 2 saturated heterocycles. The van der Waals surface area contributed by atoms with Crippen molar-refractivity contribution in [2.75, 3.05) is 18.1 Å². The minimum atomic E-state index is -3.08. The zero-order chi connectivity index (χ0) is 24.2. The van der Waals surface area contributed by atoms with Gasteiger partial charge in [-0.15, -0.1) is 0 Å². The Balaban J connectivity index is 1.32. The number of benzene rings is 1. The van der Waals surface area contributed by atoms with E-state index in [1.807, 2.05) is 42.0 Å². The van der Waals surface area contributed by atoms with Crippen molar-refractivity contribution in [3.8, 4) is 0 Å². The third kappa shape index (κ3) is 3.81. The Kier molecular flexibility index (Phi) is 5.35. The van der Waals surface area contributed by atoms with E-state index in [0.717, 1.165) is 27.1 Å². The fourth-order valence-corrected chi connectivity index (χ4v) is 6.91. The van der Waals surface area contributed by atoms with Gasteiger partial charge in [0.25, 0.3) is 5.91 Å². The molecule has 0 bridgehead atoms. The summed E-state index contributed by atoms with van der Waals surface area (Å²) in [5, 5.41) is 3.68. The van der Waals surface area contributed by atoms with E-state index < -0.39 is 27.8 Å². The summed E-state index contributed by atoms with van der Waals surface area (Å²) in [6.07, 6.45) is 2.66. The van der Waals surface area contributed by atoms with Gasteiger partial charge in [-0.3, -0.25) is 14.5 Å². The van der Waals surface area contributed by atoms with Crippen LogP contribution >= 0.6 is 0 Å². The van der Waals surface area contributed by atoms with Crippen molar-refractivity contribution in [1.29, 1.82) is 0 Å². The lowest BCUT2D eigenvalue weighted by Crippen LogP contribution is -2.36. The molecule has 0 radical (unpaired) electrons. The molecular formula is C24H26N4O5S. The first-order valence-electron chi connectivity index (χ1n) is 11.2. The Labute approximate surface area is 197 Å². The van der Waals surface area contributed by atoms with Crippen LogP contribution in [0.25, 0.3) is 10.9 Å². The summed E-state index contributed by atoms with van der Waals surface area (Å²) in [7, 11) is -3.08. The van der Waals surface area contributed by atoms with Crippen molar-refractivity contribution in [2.45, 2.75) is 38.8 Å². The van der Waals surface area contributed by atoms with Gasteiger partial charge in [-0.05, 0) is 38.0 Å². The molecule has 3 aromatic rings. The Morgan fingerprint density at radius 2 is 1.94 bits per heavy atom. The maximum absolute atomic E-state index is 13.1. The van der Waals surface area contributed by atoms with Gasteiger partial charge in [0.1, 0.15) is 6.04 Å². The number of carbonyl (C=O) groups excluding carboxylic acids is 3. The molecule has 10 heteroatoms. The number of urea groups is 1. The van der Waals surface area contributed by atoms with E-state index in [0.29, 0.717) is 24.1 Å². The summed E-state index contributed by atoms with van der Waals surface area (Å²) in [6, 6.07) is 7.91. The Hall–Kier alpha value is -3.40. The summed E-state index contributed by atoms with van der Waals surface area (Å²) in [4.78, 5) is 42.8. The molecule has 0 unspecified atom stereocenters. The number of hydrogen-bond acceptors (Lipinski definition) is 5. The van der Waals surface area contributed by atoms with Gasteiger partial charge in [0.15, 0.2) is 15.6 Å². The second-order valence-corrected chi connectivity index (χ2v) is 11.4. The lowest BCUT2D eigenvalue weighted by molar-refractivity contribution is -0.127. The number of sulfone groups is 1. The van der Waals surface area contributed by atoms with E-state index in [1.54, 1.807) is 13.0 Å². The number of H-pyrrole nitrogens is 1. The Morgan fingerprint density at radius 3 is 2.68 bits per heavy atom. The van der Waals surface area contributed by atoms with Gasteiger partial charge in [-0.1, -0.05) is 18.2 Å². The minimum Gasteiger partial charge on any atom is -0.361 e. The number of aromatic nitrogens is 2. The molecule has 5 rings (SSSR count). The average Bonchev–Trinajstić information content (AvgIpc) is 3.50. The van der Waals surface area contributed by atoms with E-state index in [-0.39, 0.29) is 29.9 Å². The van der Waals surface area contributed by atoms with Gasteiger partial charge in [0, 0.05) is 46.5 Å². The van der Waals surface area contributed by atoms with Crippen molar-refractivity contribution < 1.29 is 22.8 Å². The second-order valence-electron chi connectivity index (χ2n) is 9.12. The molecule has 34 heavy (non-hydrogen) atoms. The fraction of sp³-hybridized carbons (Fsp3) is 0.375. The molecule has 0 spiro atoms. The number of amides is 3. The van der Waals surface area contributed by atoms with Crippen LogP contribution in [0.3, 0.4) is 0 Å². The molecule has 2 aliphatic rings. The number of aryl methyl sites for hydroxylation is 1. The first kappa shape index (κ1) is 22.4. The lowest BCUT2D eigenvalue weighted by Gasteiger charge is -2.16. The van der Waals surface area contributed by atoms with Crippen LogP contribution in [-0.2, 0) is 21.1 Å². The van der Waals surface area contributed by atoms with Gasteiger partial charge in [0.2, 0.25) is 0 Å². The second kappa shape index (κ2) is 8.12. The summed E-state index contributed by atoms with van der Waals surface area (Å²) in [5.74, 6) is -0.589. The molecule has 0 saturated carbocycles. The SMILES string of the molecule is Cc1cc(C(=O)CN2C(=O)N[C@H](Cc3c[nH]c4ccccc34)C2=O)c(C)n1[C@@H]1CCS(=O)(=O)C1. The number of aromatic amines is 1. The Bertz CT molecular complexity index is 1430. The molecule has 1 aromatic carbocycles. The molecule has 2 N–H and O–H groups in total. The lowest BCUT2D eigenvalue weighted by atomic mass is 10.0. The molecule has 2 aliphatic heterocycles. The van der Waals surface area contributed by atoms with Crippen LogP contribution in [0.1, 0.15) is 39.8 Å². The third-order valence-electron chi connectivity index (χ3n) is 6.87. The van der Waals surface area contributed by atoms with Crippen LogP contribution < -0.4 is 5.32 Å². The van der Waals surface area contributed by atoms with Crippen LogP contribution in [0.4, 0.5) is 4.79 Å². The Morgan fingerprint density at radius 1 is 1.18 bits per heavy atom. The highest BCUT2D eigenvalue weighted by atomic mass is 32.2. The van der Waals surface area contributed by atoms with Gasteiger partial charge in [0.05, 0.1) is 18.1 Å². The van der Waals surface area contributed by atoms with E-state index >= 15 is 0 Å². The van der Waals surface area contributed by atoms with Crippen molar-refractivity contribution in [2.24, 2.45) is 0 Å². The monoisotopic (exact) mass is 482 g/mol. The molecule has 178 valence electrons. The largest absolute Gasteiger partial charge is 0.361 e. The summed E-state index contributed by atoms with van der Waals surface area (Å²) in [5.41, 5.74) is 3.72. The maximum atomic E-state index is 13.1. The highest BCUT2D eigenvalue weighted by molar-refractivity contribution is 7.91. The van der Waals surface area contributed by atoms with E-state index in [9.17, 15) is 22.8 Å². The molecule has 2 fully saturated rings. The van der Waals surface area contributed by atoms with Crippen molar-refractivity contribution in [1.82, 2.24) is 19.8 Å². The highest BCUT2D eigenvalue weighted by Crippen LogP contribution is 2.29. The van der Waals surface area contributed by atoms with E-state index in [1.165, 1.54) is 0 Å². The van der Waals surface area contributed by atoms with Crippen LogP contribution in [-0.4, -0.2) is 64.7 Å². The fourth-order valence-electron chi connectivity index (χ4n) is 5.21. The molecule has 4 heterocycles. The van der Waals surface area contributed by atoms with Gasteiger partial charge >= 0.3 is 6.03 Å². The number of nitrogens with one attached hydrogen (secondary N) is 2. The van der Waals surface area contributed by atoms with Gasteiger partial charge < -0.3 is 14.9 Å². The molecular weight excluding hydrogens is 456 g/mol. The van der Waals surface area contributed by atoms with Crippen LogP contribution in [0, 0.1) is 13.8 Å². The third-order valence-corrected chi connectivity index (χ3v) is 8.62. The predicted molar refractivity (Wildman–Crippen MR) is 127 cm³/mol. The minimum absolute atomic E-state index is 0.0551. The average molecular weight is 483 g/mol. The van der Waals surface area contributed by atoms with Gasteiger partial charge in [-0.2, -0.15) is 0 Å². The number of para-hydroxylation sites is 1. The van der Waals surface area contributed by atoms with E-state index in [2.05, 4.69) is 10.3 Å². The highest BCUT2D eigenvalue weighted by Gasteiger charge is 2.40. The summed E-state index contributed by atoms with van der Waals surface area (Å²) in [6.45, 7) is 3.25. The van der Waals surface area contributed by atoms with Crippen molar-refractivity contribution in [3.63, 3.8) is 0 Å². The smallest absolute Gasteiger partial charge is 0.325 e. The summed E-state index contributed by atoms with van der Waals surface area (Å²) < 4.78 is 25.7. The number of imide groups is 1. The van der Waals surface area contributed by atoms with Crippen LogP contribution in [0.5, 0.6) is 0 Å². The molecule has 0 aliphatic carbocycles. The van der Waals surface area contributed by atoms with Gasteiger partial charge in [-0.25, -0.2) is 13.2 Å². The topological polar surface area (TPSA) is 121 Å². The number of rotatable bonds is 6. The predicted octanol–water partition coefficient (Wildman–Crippen LogP) is 2.29. The quantitative estimate of drug-likeness (QED) is 0.412. The zero-order valence-corrected chi connectivity index (χ0v) is 19.8. The number of ketones is 1. The zero-order valence-electron chi connectivity index (χ0n) is 19.0. The number of hydrogen-bond donors (Lipinski definition) is 2. The number of carbonyl (C=O) groups is 3. The molecule has 2 aromatic heterocycles. The first-order valence-corrected chi connectivity index (χ1v) is 13.1. The van der Waals surface area contributed by atoms with E-state index in [4.69, 9.17) is 0 Å². The van der Waals surface area contributed by atoms with Crippen LogP contribution in [0.15, 0.2) is 36.5 Å². The first-order chi connectivity index (χ1) is 16.1. The van der Waals surface area contributed by atoms with Crippen molar-refractivity contribution in [3.05, 3.63) is 59.0 Å². The molecule has 9 nitrogen and oxygen atoms in total. The standard InChI is InChI=1S/C24H26N4O5S/c1-14-9-19(15(2)28(14)17-7-8-34(32,33)13-17)22(29)12-27-23(30)21(26-24(27)31)10-16-11-25-20-6-4-3-5-18(16)20/h3-6,9,11,17,21,25H,7-8,10,12-13H2,1-2H3,(H,26,31)/t17-,21-/m1/s1. The molecule has 3 amide bonds. The summed E-state index contributed by atoms with van der Waals surface area (Å²) >= 11 is 0. The maximum Gasteiger partial charge on any atom is 0.325 e. The number of Topliss-reactive ketones (excluding diaryl/α,β-unsaturated/α-hetero) is 1. The molecule has 2 atom stereocenters. The van der Waals surface area contributed by atoms with Crippen LogP contribution in [0.2, 0.25) is 0 Å². The number of fused-ring (bicyclic) bond motifs is 1. The normalized spacial score (nSPS) is 22.0.